The van der Waals surface area contributed by atoms with Gasteiger partial charge in [0.1, 0.15) is 5.82 Å². The molecule has 90 valence electrons. The highest BCUT2D eigenvalue weighted by Gasteiger charge is 2.08. The Hall–Kier alpha value is -1.84. The maximum absolute atomic E-state index is 12.0. The molecule has 0 aliphatic rings. The van der Waals surface area contributed by atoms with Gasteiger partial charge in [-0.25, -0.2) is 9.48 Å². The summed E-state index contributed by atoms with van der Waals surface area (Å²) in [6, 6.07) is 8.15. The standard InChI is InChI=1S/C13H17N3O/c1-4-15-11(3)14-16(13(15)17)9-12-7-5-10(2)6-8-12/h5-8H,4,9H2,1-3H3. The number of nitrogens with zero attached hydrogens (tertiary/aromatic N) is 3. The number of hydrogen-bond donors (Lipinski definition) is 0. The summed E-state index contributed by atoms with van der Waals surface area (Å²) in [5.74, 6) is 0.768. The van der Waals surface area contributed by atoms with Crippen LogP contribution in [0.3, 0.4) is 0 Å². The van der Waals surface area contributed by atoms with Crippen molar-refractivity contribution >= 4 is 0 Å². The zero-order chi connectivity index (χ0) is 12.4. The normalized spacial score (nSPS) is 10.8. The molecule has 0 saturated carbocycles. The molecular formula is C13H17N3O. The highest BCUT2D eigenvalue weighted by molar-refractivity contribution is 5.21. The summed E-state index contributed by atoms with van der Waals surface area (Å²) in [4.78, 5) is 12.0. The van der Waals surface area contributed by atoms with E-state index >= 15 is 0 Å². The van der Waals surface area contributed by atoms with Crippen molar-refractivity contribution in [2.24, 2.45) is 0 Å². The zero-order valence-corrected chi connectivity index (χ0v) is 10.5. The molecule has 0 atom stereocenters. The van der Waals surface area contributed by atoms with E-state index < -0.39 is 0 Å². The molecule has 2 aromatic rings. The molecule has 1 heterocycles. The van der Waals surface area contributed by atoms with Gasteiger partial charge >= 0.3 is 5.69 Å². The molecule has 4 nitrogen and oxygen atoms in total. The highest BCUT2D eigenvalue weighted by atomic mass is 16.2. The van der Waals surface area contributed by atoms with E-state index in [-0.39, 0.29) is 5.69 Å². The van der Waals surface area contributed by atoms with Crippen molar-refractivity contribution < 1.29 is 0 Å². The molecule has 0 N–H and O–H groups in total. The fourth-order valence-electron chi connectivity index (χ4n) is 1.88. The molecule has 0 radical (unpaired) electrons. The lowest BCUT2D eigenvalue weighted by atomic mass is 10.1. The topological polar surface area (TPSA) is 39.8 Å². The lowest BCUT2D eigenvalue weighted by Gasteiger charge is -2.00. The SMILES string of the molecule is CCn1c(C)nn(Cc2ccc(C)cc2)c1=O. The van der Waals surface area contributed by atoms with Crippen LogP contribution < -0.4 is 5.69 Å². The van der Waals surface area contributed by atoms with Gasteiger partial charge in [-0.05, 0) is 26.3 Å². The van der Waals surface area contributed by atoms with E-state index in [9.17, 15) is 4.79 Å². The first kappa shape index (κ1) is 11.6. The van der Waals surface area contributed by atoms with Crippen LogP contribution >= 0.6 is 0 Å². The van der Waals surface area contributed by atoms with Crippen molar-refractivity contribution in [3.63, 3.8) is 0 Å². The second-order valence-corrected chi connectivity index (χ2v) is 4.22. The number of hydrogen-bond acceptors (Lipinski definition) is 2. The molecule has 17 heavy (non-hydrogen) atoms. The number of benzene rings is 1. The molecule has 0 aliphatic carbocycles. The van der Waals surface area contributed by atoms with E-state index in [1.807, 2.05) is 45.0 Å². The molecule has 0 spiro atoms. The first-order valence-electron chi connectivity index (χ1n) is 5.81. The molecule has 0 saturated heterocycles. The van der Waals surface area contributed by atoms with Gasteiger partial charge in [0.2, 0.25) is 0 Å². The van der Waals surface area contributed by atoms with Crippen LogP contribution in [0.15, 0.2) is 29.1 Å². The third-order valence-electron chi connectivity index (χ3n) is 2.88. The summed E-state index contributed by atoms with van der Waals surface area (Å²) in [6.07, 6.45) is 0. The third kappa shape index (κ3) is 2.30. The quantitative estimate of drug-likeness (QED) is 0.807. The van der Waals surface area contributed by atoms with Crippen molar-refractivity contribution in [3.05, 3.63) is 51.7 Å². The van der Waals surface area contributed by atoms with Crippen LogP contribution in [0, 0.1) is 13.8 Å². The lowest BCUT2D eigenvalue weighted by molar-refractivity contribution is 0.631. The fourth-order valence-corrected chi connectivity index (χ4v) is 1.88. The predicted molar refractivity (Wildman–Crippen MR) is 67.2 cm³/mol. The highest BCUT2D eigenvalue weighted by Crippen LogP contribution is 2.04. The molecule has 2 rings (SSSR count). The number of aryl methyl sites for hydroxylation is 2. The maximum Gasteiger partial charge on any atom is 0.346 e. The Labute approximate surface area is 101 Å². The monoisotopic (exact) mass is 231 g/mol. The minimum Gasteiger partial charge on any atom is -0.279 e. The Kier molecular flexibility index (Phi) is 3.13. The van der Waals surface area contributed by atoms with Crippen LogP contribution in [0.25, 0.3) is 0 Å². The second kappa shape index (κ2) is 4.57. The Balaban J connectivity index is 2.30. The smallest absolute Gasteiger partial charge is 0.279 e. The first-order valence-corrected chi connectivity index (χ1v) is 5.81. The van der Waals surface area contributed by atoms with Crippen molar-refractivity contribution in [1.82, 2.24) is 14.3 Å². The Morgan fingerprint density at radius 2 is 1.82 bits per heavy atom. The van der Waals surface area contributed by atoms with Gasteiger partial charge in [-0.15, -0.1) is 0 Å². The van der Waals surface area contributed by atoms with E-state index in [1.165, 1.54) is 10.2 Å². The third-order valence-corrected chi connectivity index (χ3v) is 2.88. The molecule has 1 aromatic heterocycles. The summed E-state index contributed by atoms with van der Waals surface area (Å²) in [6.45, 7) is 7.06. The summed E-state index contributed by atoms with van der Waals surface area (Å²) >= 11 is 0. The average Bonchev–Trinajstić information content (AvgIpc) is 2.57. The van der Waals surface area contributed by atoms with Crippen molar-refractivity contribution in [2.45, 2.75) is 33.9 Å². The zero-order valence-electron chi connectivity index (χ0n) is 10.5. The van der Waals surface area contributed by atoms with Crippen molar-refractivity contribution in [1.29, 1.82) is 0 Å². The second-order valence-electron chi connectivity index (χ2n) is 4.22. The largest absolute Gasteiger partial charge is 0.346 e. The van der Waals surface area contributed by atoms with Crippen molar-refractivity contribution in [3.8, 4) is 0 Å². The van der Waals surface area contributed by atoms with Gasteiger partial charge < -0.3 is 0 Å². The van der Waals surface area contributed by atoms with Crippen LogP contribution in [0.1, 0.15) is 23.9 Å². The van der Waals surface area contributed by atoms with Gasteiger partial charge in [0, 0.05) is 6.54 Å². The van der Waals surface area contributed by atoms with Crippen LogP contribution in [0.4, 0.5) is 0 Å². The van der Waals surface area contributed by atoms with Crippen molar-refractivity contribution in [2.75, 3.05) is 0 Å². The van der Waals surface area contributed by atoms with Gasteiger partial charge in [0.25, 0.3) is 0 Å². The molecular weight excluding hydrogens is 214 g/mol. The van der Waals surface area contributed by atoms with E-state index in [1.54, 1.807) is 4.57 Å². The molecule has 0 amide bonds. The van der Waals surface area contributed by atoms with Gasteiger partial charge in [0.05, 0.1) is 6.54 Å². The van der Waals surface area contributed by atoms with E-state index in [0.717, 1.165) is 11.4 Å². The van der Waals surface area contributed by atoms with Gasteiger partial charge in [-0.2, -0.15) is 5.10 Å². The van der Waals surface area contributed by atoms with Crippen LogP contribution in [0.2, 0.25) is 0 Å². The molecule has 1 aromatic carbocycles. The predicted octanol–water partition coefficient (Wildman–Crippen LogP) is 1.73. The molecule has 0 fully saturated rings. The maximum atomic E-state index is 12.0. The number of aromatic nitrogens is 3. The summed E-state index contributed by atoms with van der Waals surface area (Å²) in [7, 11) is 0. The van der Waals surface area contributed by atoms with Crippen LogP contribution in [-0.2, 0) is 13.1 Å². The fraction of sp³-hybridized carbons (Fsp3) is 0.385. The van der Waals surface area contributed by atoms with E-state index in [2.05, 4.69) is 5.10 Å². The summed E-state index contributed by atoms with van der Waals surface area (Å²) in [5, 5.41) is 4.27. The Morgan fingerprint density at radius 1 is 1.18 bits per heavy atom. The Morgan fingerprint density at radius 3 is 2.35 bits per heavy atom. The minimum absolute atomic E-state index is 0.0365. The summed E-state index contributed by atoms with van der Waals surface area (Å²) < 4.78 is 3.19. The lowest BCUT2D eigenvalue weighted by Crippen LogP contribution is -2.25. The summed E-state index contributed by atoms with van der Waals surface area (Å²) in [5.41, 5.74) is 2.28. The van der Waals surface area contributed by atoms with E-state index in [0.29, 0.717) is 13.1 Å². The number of rotatable bonds is 3. The molecule has 4 heteroatoms. The first-order chi connectivity index (χ1) is 8.11. The van der Waals surface area contributed by atoms with Crippen LogP contribution in [0.5, 0.6) is 0 Å². The molecule has 0 aliphatic heterocycles. The van der Waals surface area contributed by atoms with Gasteiger partial charge in [-0.1, -0.05) is 29.8 Å². The van der Waals surface area contributed by atoms with Crippen LogP contribution in [-0.4, -0.2) is 14.3 Å². The minimum atomic E-state index is -0.0365. The Bertz CT molecular complexity index is 563. The molecule has 0 bridgehead atoms. The molecule has 0 unspecified atom stereocenters. The van der Waals surface area contributed by atoms with Gasteiger partial charge in [-0.3, -0.25) is 4.57 Å². The van der Waals surface area contributed by atoms with E-state index in [4.69, 9.17) is 0 Å². The van der Waals surface area contributed by atoms with Gasteiger partial charge in [0.15, 0.2) is 0 Å². The average molecular weight is 231 g/mol.